The maximum atomic E-state index is 5.28. The summed E-state index contributed by atoms with van der Waals surface area (Å²) >= 11 is 0. The molecule has 1 aliphatic carbocycles. The highest BCUT2D eigenvalue weighted by Crippen LogP contribution is 2.35. The maximum Gasteiger partial charge on any atom is 0.245 e. The molecule has 0 unspecified atom stereocenters. The smallest absolute Gasteiger partial charge is 0.245 e. The summed E-state index contributed by atoms with van der Waals surface area (Å²) in [5.74, 6) is 2.30. The van der Waals surface area contributed by atoms with E-state index in [2.05, 4.69) is 21.5 Å². The van der Waals surface area contributed by atoms with E-state index in [4.69, 9.17) is 9.72 Å². The molecule has 1 saturated carbocycles. The average molecular weight is 246 g/mol. The molecule has 0 spiro atoms. The summed E-state index contributed by atoms with van der Waals surface area (Å²) in [4.78, 5) is 13.2. The van der Waals surface area contributed by atoms with Crippen LogP contribution in [-0.2, 0) is 6.54 Å². The van der Waals surface area contributed by atoms with Crippen LogP contribution in [0, 0.1) is 0 Å². The van der Waals surface area contributed by atoms with Crippen LogP contribution < -0.4 is 4.74 Å². The Labute approximate surface area is 106 Å². The lowest BCUT2D eigenvalue weighted by Gasteiger charge is -2.10. The Morgan fingerprint density at radius 2 is 2.11 bits per heavy atom. The van der Waals surface area contributed by atoms with Gasteiger partial charge in [0, 0.05) is 12.5 Å². The van der Waals surface area contributed by atoms with Gasteiger partial charge in [-0.25, -0.2) is 9.97 Å². The van der Waals surface area contributed by atoms with Crippen molar-refractivity contribution in [3.05, 3.63) is 12.2 Å². The van der Waals surface area contributed by atoms with Crippen molar-refractivity contribution in [1.82, 2.24) is 19.5 Å². The van der Waals surface area contributed by atoms with Gasteiger partial charge in [-0.2, -0.15) is 4.98 Å². The zero-order valence-corrected chi connectivity index (χ0v) is 10.9. The minimum Gasteiger partial charge on any atom is -0.479 e. The molecule has 18 heavy (non-hydrogen) atoms. The van der Waals surface area contributed by atoms with Crippen molar-refractivity contribution in [3.8, 4) is 5.88 Å². The van der Waals surface area contributed by atoms with E-state index in [0.717, 1.165) is 23.5 Å². The highest BCUT2D eigenvalue weighted by atomic mass is 16.5. The molecule has 0 bridgehead atoms. The summed E-state index contributed by atoms with van der Waals surface area (Å²) in [5, 5.41) is 0. The third-order valence-electron chi connectivity index (χ3n) is 3.76. The number of ether oxygens (including phenoxy) is 1. The summed E-state index contributed by atoms with van der Waals surface area (Å²) in [6.45, 7) is 3.02. The maximum absolute atomic E-state index is 5.28. The van der Waals surface area contributed by atoms with Gasteiger partial charge in [0.25, 0.3) is 0 Å². The Morgan fingerprint density at radius 3 is 2.78 bits per heavy atom. The molecule has 2 heterocycles. The van der Waals surface area contributed by atoms with Crippen LogP contribution in [-0.4, -0.2) is 26.6 Å². The molecular formula is C13H18N4O. The fourth-order valence-corrected chi connectivity index (χ4v) is 2.89. The second kappa shape index (κ2) is 4.55. The van der Waals surface area contributed by atoms with Gasteiger partial charge in [-0.1, -0.05) is 12.8 Å². The molecule has 5 nitrogen and oxygen atoms in total. The van der Waals surface area contributed by atoms with Gasteiger partial charge in [-0.3, -0.25) is 0 Å². The van der Waals surface area contributed by atoms with Crippen LogP contribution in [0.2, 0.25) is 0 Å². The summed E-state index contributed by atoms with van der Waals surface area (Å²) in [6, 6.07) is 0. The SMILES string of the molecule is CCn1c(C2CCCC2)nc2c(OC)ncnc21. The summed E-state index contributed by atoms with van der Waals surface area (Å²) in [5.41, 5.74) is 1.69. The van der Waals surface area contributed by atoms with E-state index in [1.165, 1.54) is 25.7 Å². The number of aryl methyl sites for hydroxylation is 1. The van der Waals surface area contributed by atoms with Crippen LogP contribution in [0.4, 0.5) is 0 Å². The van der Waals surface area contributed by atoms with Crippen LogP contribution in [0.5, 0.6) is 5.88 Å². The van der Waals surface area contributed by atoms with Crippen LogP contribution in [0.25, 0.3) is 11.2 Å². The summed E-state index contributed by atoms with van der Waals surface area (Å²) < 4.78 is 7.48. The van der Waals surface area contributed by atoms with Crippen molar-refractivity contribution in [2.45, 2.75) is 45.1 Å². The molecule has 96 valence electrons. The number of hydrogen-bond donors (Lipinski definition) is 0. The molecule has 0 saturated heterocycles. The topological polar surface area (TPSA) is 52.8 Å². The predicted octanol–water partition coefficient (Wildman–Crippen LogP) is 2.51. The highest BCUT2D eigenvalue weighted by Gasteiger charge is 2.24. The first-order valence-corrected chi connectivity index (χ1v) is 6.60. The van der Waals surface area contributed by atoms with Crippen LogP contribution >= 0.6 is 0 Å². The van der Waals surface area contributed by atoms with Crippen LogP contribution in [0.1, 0.15) is 44.3 Å². The molecule has 0 aromatic carbocycles. The molecule has 1 fully saturated rings. The molecular weight excluding hydrogens is 228 g/mol. The monoisotopic (exact) mass is 246 g/mol. The zero-order valence-electron chi connectivity index (χ0n) is 10.9. The number of methoxy groups -OCH3 is 1. The number of rotatable bonds is 3. The number of hydrogen-bond acceptors (Lipinski definition) is 4. The van der Waals surface area contributed by atoms with Crippen molar-refractivity contribution in [1.29, 1.82) is 0 Å². The largest absolute Gasteiger partial charge is 0.479 e. The van der Waals surface area contributed by atoms with E-state index in [1.54, 1.807) is 13.4 Å². The molecule has 2 aromatic rings. The lowest BCUT2D eigenvalue weighted by Crippen LogP contribution is -2.06. The van der Waals surface area contributed by atoms with Crippen LogP contribution in [0.15, 0.2) is 6.33 Å². The molecule has 0 atom stereocenters. The van der Waals surface area contributed by atoms with Gasteiger partial charge in [0.2, 0.25) is 5.88 Å². The van der Waals surface area contributed by atoms with Gasteiger partial charge < -0.3 is 9.30 Å². The van der Waals surface area contributed by atoms with Crippen molar-refractivity contribution < 1.29 is 4.74 Å². The third-order valence-corrected chi connectivity index (χ3v) is 3.76. The Balaban J connectivity index is 2.19. The highest BCUT2D eigenvalue weighted by molar-refractivity contribution is 5.76. The van der Waals surface area contributed by atoms with E-state index in [9.17, 15) is 0 Å². The molecule has 0 N–H and O–H groups in total. The lowest BCUT2D eigenvalue weighted by atomic mass is 10.1. The molecule has 5 heteroatoms. The lowest BCUT2D eigenvalue weighted by molar-refractivity contribution is 0.401. The normalized spacial score (nSPS) is 16.6. The van der Waals surface area contributed by atoms with Gasteiger partial charge in [0.1, 0.15) is 12.2 Å². The van der Waals surface area contributed by atoms with E-state index in [-0.39, 0.29) is 0 Å². The fraction of sp³-hybridized carbons (Fsp3) is 0.615. The average Bonchev–Trinajstić information content (AvgIpc) is 3.04. The van der Waals surface area contributed by atoms with Crippen molar-refractivity contribution >= 4 is 11.2 Å². The minimum atomic E-state index is 0.573. The van der Waals surface area contributed by atoms with Gasteiger partial charge in [0.05, 0.1) is 7.11 Å². The number of nitrogens with zero attached hydrogens (tertiary/aromatic N) is 4. The molecule has 0 radical (unpaired) electrons. The van der Waals surface area contributed by atoms with E-state index in [1.807, 2.05) is 0 Å². The minimum absolute atomic E-state index is 0.573. The third kappa shape index (κ3) is 1.65. The first-order valence-electron chi connectivity index (χ1n) is 6.60. The van der Waals surface area contributed by atoms with Crippen molar-refractivity contribution in [3.63, 3.8) is 0 Å². The van der Waals surface area contributed by atoms with Crippen LogP contribution in [0.3, 0.4) is 0 Å². The predicted molar refractivity (Wildman–Crippen MR) is 68.8 cm³/mol. The summed E-state index contributed by atoms with van der Waals surface area (Å²) in [6.07, 6.45) is 6.63. The molecule has 1 aliphatic rings. The van der Waals surface area contributed by atoms with Gasteiger partial charge >= 0.3 is 0 Å². The zero-order chi connectivity index (χ0) is 12.5. The van der Waals surface area contributed by atoms with Crippen molar-refractivity contribution in [2.75, 3.05) is 7.11 Å². The first kappa shape index (κ1) is 11.4. The fourth-order valence-electron chi connectivity index (χ4n) is 2.89. The molecule has 0 amide bonds. The van der Waals surface area contributed by atoms with E-state index >= 15 is 0 Å². The van der Waals surface area contributed by atoms with E-state index in [0.29, 0.717) is 11.8 Å². The second-order valence-corrected chi connectivity index (χ2v) is 4.75. The number of imidazole rings is 1. The van der Waals surface area contributed by atoms with Gasteiger partial charge in [-0.05, 0) is 19.8 Å². The standard InChI is InChI=1S/C13H18N4O/c1-3-17-11(9-6-4-5-7-9)16-10-12(17)14-8-15-13(10)18-2/h8-9H,3-7H2,1-2H3. The molecule has 0 aliphatic heterocycles. The Bertz CT molecular complexity index is 557. The second-order valence-electron chi connectivity index (χ2n) is 4.75. The summed E-state index contributed by atoms with van der Waals surface area (Å²) in [7, 11) is 1.63. The van der Waals surface area contributed by atoms with Gasteiger partial charge in [0.15, 0.2) is 11.2 Å². The Morgan fingerprint density at radius 1 is 1.33 bits per heavy atom. The van der Waals surface area contributed by atoms with E-state index < -0.39 is 0 Å². The molecule has 2 aromatic heterocycles. The Kier molecular flexibility index (Phi) is 2.89. The first-order chi connectivity index (χ1) is 8.85. The molecule has 3 rings (SSSR count). The quantitative estimate of drug-likeness (QED) is 0.835. The van der Waals surface area contributed by atoms with Crippen molar-refractivity contribution in [2.24, 2.45) is 0 Å². The van der Waals surface area contributed by atoms with Gasteiger partial charge in [-0.15, -0.1) is 0 Å². The number of fused-ring (bicyclic) bond motifs is 1. The number of aromatic nitrogens is 4. The Hall–Kier alpha value is -1.65.